The summed E-state index contributed by atoms with van der Waals surface area (Å²) < 4.78 is 18.7. The monoisotopic (exact) mass is 533 g/mol. The number of aryl methyl sites for hydroxylation is 2. The molecular weight excluding hydrogens is 498 g/mol. The normalized spacial score (nSPS) is 11.9. The number of nitrogens with zero attached hydrogens (tertiary/aromatic N) is 3. The second-order valence-electron chi connectivity index (χ2n) is 9.40. The Morgan fingerprint density at radius 2 is 1.76 bits per heavy atom. The summed E-state index contributed by atoms with van der Waals surface area (Å²) in [7, 11) is 0. The summed E-state index contributed by atoms with van der Waals surface area (Å²) in [5.41, 5.74) is 6.00. The summed E-state index contributed by atoms with van der Waals surface area (Å²) in [6, 6.07) is 15.9. The summed E-state index contributed by atoms with van der Waals surface area (Å²) in [5, 5.41) is 4.75. The Morgan fingerprint density at radius 1 is 1.03 bits per heavy atom. The van der Waals surface area contributed by atoms with Crippen LogP contribution in [0.5, 0.6) is 11.5 Å². The number of benzene rings is 2. The fourth-order valence-corrected chi connectivity index (χ4v) is 4.51. The first-order chi connectivity index (χ1) is 18.4. The molecule has 2 aromatic heterocycles. The van der Waals surface area contributed by atoms with Gasteiger partial charge in [-0.1, -0.05) is 25.1 Å². The molecule has 0 bridgehead atoms. The van der Waals surface area contributed by atoms with E-state index >= 15 is 0 Å². The van der Waals surface area contributed by atoms with Crippen molar-refractivity contribution in [2.24, 2.45) is 0 Å². The van der Waals surface area contributed by atoms with Gasteiger partial charge in [0, 0.05) is 17.3 Å². The van der Waals surface area contributed by atoms with Crippen LogP contribution in [0.2, 0.25) is 0 Å². The number of carbonyl (C=O) groups is 1. The molecule has 200 valence electrons. The highest BCUT2D eigenvalue weighted by Crippen LogP contribution is 2.30. The zero-order valence-electron chi connectivity index (χ0n) is 22.4. The molecule has 0 aliphatic heterocycles. The molecule has 8 heteroatoms. The smallest absolute Gasteiger partial charge is 0.306 e. The number of rotatable bonds is 12. The molecule has 0 saturated carbocycles. The van der Waals surface area contributed by atoms with Gasteiger partial charge < -0.3 is 14.2 Å². The van der Waals surface area contributed by atoms with Crippen molar-refractivity contribution in [3.05, 3.63) is 77.0 Å². The molecule has 0 radical (unpaired) electrons. The second kappa shape index (κ2) is 12.8. The van der Waals surface area contributed by atoms with Crippen molar-refractivity contribution in [2.75, 3.05) is 19.0 Å². The molecule has 38 heavy (non-hydrogen) atoms. The van der Waals surface area contributed by atoms with E-state index in [2.05, 4.69) is 26.5 Å². The second-order valence-corrected chi connectivity index (χ2v) is 9.85. The van der Waals surface area contributed by atoms with Crippen LogP contribution in [-0.4, -0.2) is 39.5 Å². The molecule has 0 saturated heterocycles. The van der Waals surface area contributed by atoms with Crippen molar-refractivity contribution in [3.63, 3.8) is 0 Å². The van der Waals surface area contributed by atoms with E-state index in [-0.39, 0.29) is 11.9 Å². The zero-order valence-corrected chi connectivity index (χ0v) is 23.3. The maximum atomic E-state index is 11.8. The third kappa shape index (κ3) is 6.86. The third-order valence-corrected chi connectivity index (χ3v) is 6.64. The number of fused-ring (bicyclic) bond motifs is 1. The maximum Gasteiger partial charge on any atom is 0.306 e. The Balaban J connectivity index is 1.42. The molecule has 7 nitrogen and oxygen atoms in total. The Kier molecular flexibility index (Phi) is 9.29. The number of aromatic nitrogens is 3. The van der Waals surface area contributed by atoms with Gasteiger partial charge in [0.25, 0.3) is 0 Å². The Morgan fingerprint density at radius 3 is 2.45 bits per heavy atom. The topological polar surface area (TPSA) is 75.0 Å². The van der Waals surface area contributed by atoms with E-state index in [1.54, 1.807) is 4.52 Å². The van der Waals surface area contributed by atoms with Crippen LogP contribution in [0.3, 0.4) is 0 Å². The van der Waals surface area contributed by atoms with Gasteiger partial charge in [0.15, 0.2) is 11.5 Å². The molecule has 0 amide bonds. The third-order valence-electron chi connectivity index (χ3n) is 6.33. The number of ether oxygens (including phenoxy) is 3. The molecule has 4 rings (SSSR count). The van der Waals surface area contributed by atoms with Crippen LogP contribution in [-0.2, 0) is 16.1 Å². The molecule has 0 spiro atoms. The fraction of sp³-hybridized carbons (Fsp3) is 0.367. The van der Waals surface area contributed by atoms with Gasteiger partial charge >= 0.3 is 5.97 Å². The minimum Gasteiger partial charge on any atom is -0.494 e. The number of carbonyl (C=O) groups excluding carboxylic acids is 1. The SMILES string of the molecule is CCOC(=O)CC(C)c1ccc(OCc2ccc3nc(-c4c(C)cc(OCCCS)cc4C)nn3c2)cc1. The van der Waals surface area contributed by atoms with Gasteiger partial charge in [0.2, 0.25) is 0 Å². The fourth-order valence-electron chi connectivity index (χ4n) is 4.38. The Labute approximate surface area is 229 Å². The maximum absolute atomic E-state index is 11.8. The number of esters is 1. The van der Waals surface area contributed by atoms with Crippen LogP contribution in [0, 0.1) is 13.8 Å². The zero-order chi connectivity index (χ0) is 27.1. The average Bonchev–Trinajstić information content (AvgIpc) is 3.30. The minimum atomic E-state index is -0.178. The average molecular weight is 534 g/mol. The van der Waals surface area contributed by atoms with Gasteiger partial charge in [-0.25, -0.2) is 9.50 Å². The van der Waals surface area contributed by atoms with Crippen LogP contribution in [0.4, 0.5) is 0 Å². The van der Waals surface area contributed by atoms with Gasteiger partial charge in [-0.05, 0) is 85.9 Å². The lowest BCUT2D eigenvalue weighted by molar-refractivity contribution is -0.143. The summed E-state index contributed by atoms with van der Waals surface area (Å²) in [6.07, 6.45) is 3.22. The molecule has 0 N–H and O–H groups in total. The summed E-state index contributed by atoms with van der Waals surface area (Å²) >= 11 is 4.24. The minimum absolute atomic E-state index is 0.0843. The van der Waals surface area contributed by atoms with Crippen molar-refractivity contribution < 1.29 is 19.0 Å². The van der Waals surface area contributed by atoms with E-state index in [4.69, 9.17) is 24.3 Å². The van der Waals surface area contributed by atoms with E-state index in [1.807, 2.05) is 68.6 Å². The van der Waals surface area contributed by atoms with Crippen LogP contribution in [0.15, 0.2) is 54.7 Å². The summed E-state index contributed by atoms with van der Waals surface area (Å²) in [6.45, 7) is 9.40. The molecule has 2 aromatic carbocycles. The number of thiol groups is 1. The molecule has 1 unspecified atom stereocenters. The van der Waals surface area contributed by atoms with E-state index in [0.717, 1.165) is 57.1 Å². The lowest BCUT2D eigenvalue weighted by Gasteiger charge is -2.12. The van der Waals surface area contributed by atoms with E-state index in [1.165, 1.54) is 0 Å². The van der Waals surface area contributed by atoms with Crippen LogP contribution < -0.4 is 9.47 Å². The molecule has 0 aliphatic rings. The molecular formula is C30H35N3O4S. The van der Waals surface area contributed by atoms with Gasteiger partial charge in [-0.3, -0.25) is 4.79 Å². The number of pyridine rings is 1. The first-order valence-electron chi connectivity index (χ1n) is 13.0. The summed E-state index contributed by atoms with van der Waals surface area (Å²) in [4.78, 5) is 16.5. The van der Waals surface area contributed by atoms with Gasteiger partial charge in [-0.2, -0.15) is 12.6 Å². The molecule has 1 atom stereocenters. The molecule has 2 heterocycles. The van der Waals surface area contributed by atoms with Crippen molar-refractivity contribution in [3.8, 4) is 22.9 Å². The van der Waals surface area contributed by atoms with Crippen molar-refractivity contribution in [1.29, 1.82) is 0 Å². The number of hydrogen-bond donors (Lipinski definition) is 1. The highest BCUT2D eigenvalue weighted by atomic mass is 32.1. The van der Waals surface area contributed by atoms with Crippen LogP contribution in [0.25, 0.3) is 17.0 Å². The van der Waals surface area contributed by atoms with Gasteiger partial charge in [-0.15, -0.1) is 5.10 Å². The lowest BCUT2D eigenvalue weighted by Crippen LogP contribution is -2.08. The van der Waals surface area contributed by atoms with E-state index in [0.29, 0.717) is 32.1 Å². The molecule has 0 fully saturated rings. The van der Waals surface area contributed by atoms with Crippen LogP contribution >= 0.6 is 12.6 Å². The van der Waals surface area contributed by atoms with E-state index < -0.39 is 0 Å². The molecule has 0 aliphatic carbocycles. The Bertz CT molecular complexity index is 1360. The predicted molar refractivity (Wildman–Crippen MR) is 152 cm³/mol. The largest absolute Gasteiger partial charge is 0.494 e. The number of hydrogen-bond acceptors (Lipinski definition) is 7. The highest BCUT2D eigenvalue weighted by molar-refractivity contribution is 7.80. The highest BCUT2D eigenvalue weighted by Gasteiger charge is 2.15. The van der Waals surface area contributed by atoms with E-state index in [9.17, 15) is 4.79 Å². The Hall–Kier alpha value is -3.52. The van der Waals surface area contributed by atoms with Gasteiger partial charge in [0.1, 0.15) is 18.1 Å². The standard InChI is InChI=1S/C30H35N3O4S/c1-5-35-28(34)17-20(2)24-8-10-25(11-9-24)37-19-23-7-12-27-31-30(32-33(27)18-23)29-21(3)15-26(16-22(29)4)36-13-6-14-38/h7-12,15-16,18,20,38H,5-6,13-14,17,19H2,1-4H3. The van der Waals surface area contributed by atoms with Gasteiger partial charge in [0.05, 0.1) is 19.6 Å². The first kappa shape index (κ1) is 27.5. The quantitative estimate of drug-likeness (QED) is 0.130. The van der Waals surface area contributed by atoms with Crippen LogP contribution in [0.1, 0.15) is 54.9 Å². The predicted octanol–water partition coefficient (Wildman–Crippen LogP) is 6.35. The molecule has 4 aromatic rings. The summed E-state index contributed by atoms with van der Waals surface area (Å²) in [5.74, 6) is 3.02. The first-order valence-corrected chi connectivity index (χ1v) is 13.6. The van der Waals surface area contributed by atoms with Crippen molar-refractivity contribution >= 4 is 24.2 Å². The van der Waals surface area contributed by atoms with Crippen molar-refractivity contribution in [2.45, 2.75) is 53.1 Å². The van der Waals surface area contributed by atoms with Crippen molar-refractivity contribution in [1.82, 2.24) is 14.6 Å². The lowest BCUT2D eigenvalue weighted by atomic mass is 9.98.